The topological polar surface area (TPSA) is 64.2 Å². The standard InChI is InChI=1S/C26H20FN5O/c27-18-12-14-19(15-13-18)32-21-10-6-9-20(21)24(30-32)26(33)29-25-23(17-7-2-1-3-8-17)28-22-11-4-5-16-31(22)25/h1-5,7-8,11-16H,6,9-10H2,(H,29,33). The first kappa shape index (κ1) is 19.4. The molecule has 0 saturated carbocycles. The fraction of sp³-hybridized carbons (Fsp3) is 0.115. The second kappa shape index (κ2) is 7.70. The first-order valence-electron chi connectivity index (χ1n) is 10.9. The molecule has 2 aromatic carbocycles. The Labute approximate surface area is 189 Å². The summed E-state index contributed by atoms with van der Waals surface area (Å²) in [4.78, 5) is 18.3. The van der Waals surface area contributed by atoms with E-state index < -0.39 is 0 Å². The van der Waals surface area contributed by atoms with Crippen LogP contribution in [0.25, 0.3) is 22.6 Å². The van der Waals surface area contributed by atoms with Crippen molar-refractivity contribution in [3.8, 4) is 16.9 Å². The molecule has 6 rings (SSSR count). The molecule has 1 aliphatic rings. The van der Waals surface area contributed by atoms with Crippen molar-refractivity contribution in [2.75, 3.05) is 5.32 Å². The maximum atomic E-state index is 13.5. The van der Waals surface area contributed by atoms with Crippen LogP contribution in [0.15, 0.2) is 79.0 Å². The molecule has 0 aliphatic heterocycles. The highest BCUT2D eigenvalue weighted by atomic mass is 19.1. The SMILES string of the molecule is O=C(Nc1c(-c2ccccc2)nc2ccccn12)c1nn(-c2ccc(F)cc2)c2c1CCC2. The van der Waals surface area contributed by atoms with Gasteiger partial charge in [0.2, 0.25) is 0 Å². The van der Waals surface area contributed by atoms with E-state index in [1.54, 1.807) is 16.8 Å². The molecular weight excluding hydrogens is 417 g/mol. The summed E-state index contributed by atoms with van der Waals surface area (Å²) in [6.45, 7) is 0. The average molecular weight is 437 g/mol. The fourth-order valence-corrected chi connectivity index (χ4v) is 4.49. The number of hydrogen-bond acceptors (Lipinski definition) is 3. The van der Waals surface area contributed by atoms with Crippen LogP contribution in [0.1, 0.15) is 28.2 Å². The molecule has 1 aliphatic carbocycles. The van der Waals surface area contributed by atoms with E-state index in [9.17, 15) is 9.18 Å². The van der Waals surface area contributed by atoms with Crippen molar-refractivity contribution >= 4 is 17.4 Å². The Kier molecular flexibility index (Phi) is 4.54. The number of benzene rings is 2. The number of carbonyl (C=O) groups is 1. The Balaban J connectivity index is 1.43. The molecule has 3 aromatic heterocycles. The molecule has 0 radical (unpaired) electrons. The third-order valence-electron chi connectivity index (χ3n) is 6.03. The minimum absolute atomic E-state index is 0.281. The molecule has 1 N–H and O–H groups in total. The highest BCUT2D eigenvalue weighted by Gasteiger charge is 2.28. The molecule has 5 aromatic rings. The monoisotopic (exact) mass is 437 g/mol. The van der Waals surface area contributed by atoms with Gasteiger partial charge in [0.15, 0.2) is 5.69 Å². The van der Waals surface area contributed by atoms with Crippen LogP contribution >= 0.6 is 0 Å². The summed E-state index contributed by atoms with van der Waals surface area (Å²) < 4.78 is 17.1. The molecule has 7 heteroatoms. The molecule has 0 bridgehead atoms. The Morgan fingerprint density at radius 2 is 1.73 bits per heavy atom. The van der Waals surface area contributed by atoms with E-state index >= 15 is 0 Å². The van der Waals surface area contributed by atoms with Crippen molar-refractivity contribution in [1.29, 1.82) is 0 Å². The molecule has 0 atom stereocenters. The van der Waals surface area contributed by atoms with Gasteiger partial charge in [-0.25, -0.2) is 14.1 Å². The predicted octanol–water partition coefficient (Wildman–Crippen LogP) is 5.07. The van der Waals surface area contributed by atoms with Gasteiger partial charge in [-0.3, -0.25) is 9.20 Å². The van der Waals surface area contributed by atoms with Crippen molar-refractivity contribution in [2.24, 2.45) is 0 Å². The minimum atomic E-state index is -0.304. The van der Waals surface area contributed by atoms with Gasteiger partial charge in [0.1, 0.15) is 23.0 Å². The van der Waals surface area contributed by atoms with Gasteiger partial charge in [0.05, 0.1) is 5.69 Å². The third kappa shape index (κ3) is 3.29. The smallest absolute Gasteiger partial charge is 0.277 e. The molecule has 3 heterocycles. The number of aromatic nitrogens is 4. The Morgan fingerprint density at radius 1 is 0.939 bits per heavy atom. The number of hydrogen-bond donors (Lipinski definition) is 1. The Hall–Kier alpha value is -4.26. The van der Waals surface area contributed by atoms with Crippen LogP contribution in [0.5, 0.6) is 0 Å². The summed E-state index contributed by atoms with van der Waals surface area (Å²) in [5.74, 6) is 0.0169. The number of halogens is 1. The molecule has 162 valence electrons. The second-order valence-electron chi connectivity index (χ2n) is 8.07. The maximum absolute atomic E-state index is 13.5. The number of fused-ring (bicyclic) bond motifs is 2. The summed E-state index contributed by atoms with van der Waals surface area (Å²) in [5, 5.41) is 7.72. The van der Waals surface area contributed by atoms with Crippen LogP contribution in [-0.4, -0.2) is 25.1 Å². The summed E-state index contributed by atoms with van der Waals surface area (Å²) in [6, 6.07) is 21.7. The van der Waals surface area contributed by atoms with Crippen molar-refractivity contribution in [2.45, 2.75) is 19.3 Å². The number of pyridine rings is 1. The lowest BCUT2D eigenvalue weighted by Gasteiger charge is -2.08. The highest BCUT2D eigenvalue weighted by molar-refractivity contribution is 6.05. The fourth-order valence-electron chi connectivity index (χ4n) is 4.49. The van der Waals surface area contributed by atoms with E-state index in [2.05, 4.69) is 10.4 Å². The lowest BCUT2D eigenvalue weighted by atomic mass is 10.1. The molecule has 0 fully saturated rings. The zero-order valence-corrected chi connectivity index (χ0v) is 17.7. The van der Waals surface area contributed by atoms with Gasteiger partial charge in [0, 0.05) is 23.0 Å². The van der Waals surface area contributed by atoms with Crippen LogP contribution in [-0.2, 0) is 12.8 Å². The van der Waals surface area contributed by atoms with E-state index in [4.69, 9.17) is 4.98 Å². The molecule has 0 unspecified atom stereocenters. The lowest BCUT2D eigenvalue weighted by Crippen LogP contribution is -2.16. The van der Waals surface area contributed by atoms with E-state index in [0.717, 1.165) is 47.4 Å². The molecular formula is C26H20FN5O. The number of nitrogens with one attached hydrogen (secondary N) is 1. The van der Waals surface area contributed by atoms with Crippen molar-refractivity contribution in [1.82, 2.24) is 19.2 Å². The van der Waals surface area contributed by atoms with Crippen LogP contribution in [0, 0.1) is 5.82 Å². The highest BCUT2D eigenvalue weighted by Crippen LogP contribution is 2.31. The van der Waals surface area contributed by atoms with E-state index in [0.29, 0.717) is 17.2 Å². The second-order valence-corrected chi connectivity index (χ2v) is 8.07. The van der Waals surface area contributed by atoms with Crippen LogP contribution < -0.4 is 5.32 Å². The first-order chi connectivity index (χ1) is 16.2. The number of amides is 1. The normalized spacial score (nSPS) is 12.8. The van der Waals surface area contributed by atoms with E-state index in [-0.39, 0.29) is 11.7 Å². The van der Waals surface area contributed by atoms with Crippen LogP contribution in [0.3, 0.4) is 0 Å². The Morgan fingerprint density at radius 3 is 2.55 bits per heavy atom. The quantitative estimate of drug-likeness (QED) is 0.427. The number of nitrogens with zero attached hydrogens (tertiary/aromatic N) is 4. The zero-order chi connectivity index (χ0) is 22.4. The van der Waals surface area contributed by atoms with Gasteiger partial charge in [-0.05, 0) is 55.7 Å². The third-order valence-corrected chi connectivity index (χ3v) is 6.03. The molecule has 6 nitrogen and oxygen atoms in total. The van der Waals surface area contributed by atoms with Crippen LogP contribution in [0.4, 0.5) is 10.2 Å². The molecule has 33 heavy (non-hydrogen) atoms. The van der Waals surface area contributed by atoms with E-state index in [1.165, 1.54) is 12.1 Å². The zero-order valence-electron chi connectivity index (χ0n) is 17.7. The van der Waals surface area contributed by atoms with Gasteiger partial charge >= 0.3 is 0 Å². The van der Waals surface area contributed by atoms with Gasteiger partial charge in [-0.1, -0.05) is 36.4 Å². The van der Waals surface area contributed by atoms with Crippen molar-refractivity contribution < 1.29 is 9.18 Å². The number of imidazole rings is 1. The lowest BCUT2D eigenvalue weighted by molar-refractivity contribution is 0.102. The maximum Gasteiger partial charge on any atom is 0.277 e. The summed E-state index contributed by atoms with van der Waals surface area (Å²) in [7, 11) is 0. The number of anilines is 1. The summed E-state index contributed by atoms with van der Waals surface area (Å²) >= 11 is 0. The van der Waals surface area contributed by atoms with Gasteiger partial charge in [-0.2, -0.15) is 5.10 Å². The number of rotatable bonds is 4. The van der Waals surface area contributed by atoms with Gasteiger partial charge < -0.3 is 5.32 Å². The summed E-state index contributed by atoms with van der Waals surface area (Å²) in [5.41, 5.74) is 5.46. The van der Waals surface area contributed by atoms with Crippen LogP contribution in [0.2, 0.25) is 0 Å². The Bertz CT molecular complexity index is 1480. The average Bonchev–Trinajstić information content (AvgIpc) is 3.55. The molecule has 0 spiro atoms. The molecule has 0 saturated heterocycles. The predicted molar refractivity (Wildman–Crippen MR) is 124 cm³/mol. The van der Waals surface area contributed by atoms with Gasteiger partial charge in [-0.15, -0.1) is 0 Å². The largest absolute Gasteiger partial charge is 0.304 e. The number of carbonyl (C=O) groups excluding carboxylic acids is 1. The van der Waals surface area contributed by atoms with Crippen molar-refractivity contribution in [3.05, 3.63) is 102 Å². The van der Waals surface area contributed by atoms with Gasteiger partial charge in [0.25, 0.3) is 5.91 Å². The minimum Gasteiger partial charge on any atom is -0.304 e. The first-order valence-corrected chi connectivity index (χ1v) is 10.9. The molecule has 1 amide bonds. The summed E-state index contributed by atoms with van der Waals surface area (Å²) in [6.07, 6.45) is 4.46. The van der Waals surface area contributed by atoms with Crippen molar-refractivity contribution in [3.63, 3.8) is 0 Å². The van der Waals surface area contributed by atoms with E-state index in [1.807, 2.05) is 59.1 Å².